The molecule has 0 radical (unpaired) electrons. The zero-order valence-corrected chi connectivity index (χ0v) is 20.9. The Morgan fingerprint density at radius 2 is 1.68 bits per heavy atom. The van der Waals surface area contributed by atoms with Gasteiger partial charge in [-0.1, -0.05) is 11.3 Å². The summed E-state index contributed by atoms with van der Waals surface area (Å²) in [6.07, 6.45) is 1.10. The van der Waals surface area contributed by atoms with Crippen LogP contribution in [0.25, 0.3) is 10.2 Å². The standard InChI is InChI=1S/C22H24N2O8S2/c1-6-32-19(25)12-24-15-8-7-14(34(5,27)28)11-18(15)33-22(24)23-21(26)13-9-16(29-2)20(31-4)17(10-13)30-3/h7-11H,6,12H2,1-5H3. The Morgan fingerprint density at radius 3 is 2.21 bits per heavy atom. The molecule has 0 aliphatic heterocycles. The molecular weight excluding hydrogens is 484 g/mol. The van der Waals surface area contributed by atoms with Gasteiger partial charge in [-0.3, -0.25) is 9.59 Å². The van der Waals surface area contributed by atoms with E-state index >= 15 is 0 Å². The molecule has 34 heavy (non-hydrogen) atoms. The second kappa shape index (κ2) is 10.3. The Morgan fingerprint density at radius 1 is 1.03 bits per heavy atom. The minimum absolute atomic E-state index is 0.118. The molecule has 0 unspecified atom stereocenters. The number of rotatable bonds is 8. The Balaban J connectivity index is 2.19. The number of hydrogen-bond acceptors (Lipinski definition) is 9. The fourth-order valence-electron chi connectivity index (χ4n) is 3.21. The number of thiazole rings is 1. The second-order valence-corrected chi connectivity index (χ2v) is 10.0. The lowest BCUT2D eigenvalue weighted by Crippen LogP contribution is -2.23. The average Bonchev–Trinajstić information content (AvgIpc) is 3.13. The van der Waals surface area contributed by atoms with E-state index in [-0.39, 0.29) is 39.9 Å². The number of sulfone groups is 1. The fraction of sp³-hybridized carbons (Fsp3) is 0.318. The SMILES string of the molecule is CCOC(=O)Cn1c(=NC(=O)c2cc(OC)c(OC)c(OC)c2)sc2cc(S(C)(=O)=O)ccc21. The van der Waals surface area contributed by atoms with Crippen molar-refractivity contribution in [3.05, 3.63) is 40.7 Å². The lowest BCUT2D eigenvalue weighted by Gasteiger charge is -2.12. The summed E-state index contributed by atoms with van der Waals surface area (Å²) < 4.78 is 46.9. The molecule has 0 saturated carbocycles. The van der Waals surface area contributed by atoms with Crippen molar-refractivity contribution >= 4 is 43.3 Å². The van der Waals surface area contributed by atoms with Crippen LogP contribution in [-0.2, 0) is 25.9 Å². The number of nitrogens with zero attached hydrogens (tertiary/aromatic N) is 2. The van der Waals surface area contributed by atoms with E-state index in [1.165, 1.54) is 50.2 Å². The molecule has 182 valence electrons. The summed E-state index contributed by atoms with van der Waals surface area (Å²) in [5.74, 6) is -0.236. The number of esters is 1. The predicted octanol–water partition coefficient (Wildman–Crippen LogP) is 2.44. The first kappa shape index (κ1) is 25.2. The first-order chi connectivity index (χ1) is 16.1. The number of ether oxygens (including phenoxy) is 4. The maximum absolute atomic E-state index is 13.1. The van der Waals surface area contributed by atoms with Crippen molar-refractivity contribution in [3.63, 3.8) is 0 Å². The molecule has 0 bridgehead atoms. The van der Waals surface area contributed by atoms with Crippen molar-refractivity contribution in [1.82, 2.24) is 4.57 Å². The molecule has 0 saturated heterocycles. The number of benzene rings is 2. The van der Waals surface area contributed by atoms with Crippen molar-refractivity contribution < 1.29 is 37.0 Å². The highest BCUT2D eigenvalue weighted by Crippen LogP contribution is 2.38. The summed E-state index contributed by atoms with van der Waals surface area (Å²) in [7, 11) is 0.866. The van der Waals surface area contributed by atoms with E-state index in [0.717, 1.165) is 17.6 Å². The van der Waals surface area contributed by atoms with Crippen LogP contribution in [-0.4, -0.2) is 59.1 Å². The van der Waals surface area contributed by atoms with Gasteiger partial charge in [0.2, 0.25) is 5.75 Å². The Hall–Kier alpha value is -3.38. The van der Waals surface area contributed by atoms with Crippen LogP contribution in [0.4, 0.5) is 0 Å². The number of fused-ring (bicyclic) bond motifs is 1. The van der Waals surface area contributed by atoms with Gasteiger partial charge < -0.3 is 23.5 Å². The fourth-order valence-corrected chi connectivity index (χ4v) is 5.00. The van der Waals surface area contributed by atoms with E-state index in [1.807, 2.05) is 0 Å². The molecule has 2 aromatic carbocycles. The largest absolute Gasteiger partial charge is 0.493 e. The highest BCUT2D eigenvalue weighted by atomic mass is 32.2. The number of carbonyl (C=O) groups is 2. The van der Waals surface area contributed by atoms with E-state index in [2.05, 4.69) is 4.99 Å². The molecule has 0 N–H and O–H groups in total. The third-order valence-corrected chi connectivity index (χ3v) is 6.94. The highest BCUT2D eigenvalue weighted by molar-refractivity contribution is 7.90. The maximum atomic E-state index is 13.1. The van der Waals surface area contributed by atoms with E-state index in [9.17, 15) is 18.0 Å². The summed E-state index contributed by atoms with van der Waals surface area (Å²) in [4.78, 5) is 29.8. The number of amides is 1. The normalized spacial score (nSPS) is 12.0. The van der Waals surface area contributed by atoms with E-state index < -0.39 is 21.7 Å². The summed E-state index contributed by atoms with van der Waals surface area (Å²) >= 11 is 1.08. The van der Waals surface area contributed by atoms with E-state index in [4.69, 9.17) is 18.9 Å². The summed E-state index contributed by atoms with van der Waals surface area (Å²) in [5.41, 5.74) is 0.716. The monoisotopic (exact) mass is 508 g/mol. The molecule has 1 amide bonds. The van der Waals surface area contributed by atoms with Gasteiger partial charge in [0, 0.05) is 11.8 Å². The third kappa shape index (κ3) is 5.23. The number of aromatic nitrogens is 1. The minimum Gasteiger partial charge on any atom is -0.493 e. The second-order valence-electron chi connectivity index (χ2n) is 7.01. The van der Waals surface area contributed by atoms with Crippen LogP contribution in [0, 0.1) is 0 Å². The summed E-state index contributed by atoms with van der Waals surface area (Å²) in [6, 6.07) is 7.44. The molecule has 1 heterocycles. The topological polar surface area (TPSA) is 122 Å². The Labute approximate surface area is 200 Å². The van der Waals surface area contributed by atoms with Crippen LogP contribution in [0.2, 0.25) is 0 Å². The predicted molar refractivity (Wildman–Crippen MR) is 126 cm³/mol. The lowest BCUT2D eigenvalue weighted by atomic mass is 10.1. The van der Waals surface area contributed by atoms with Crippen LogP contribution in [0.3, 0.4) is 0 Å². The molecule has 12 heteroatoms. The first-order valence-electron chi connectivity index (χ1n) is 10.0. The van der Waals surface area contributed by atoms with Gasteiger partial charge in [-0.25, -0.2) is 8.42 Å². The molecule has 1 aromatic heterocycles. The molecule has 0 spiro atoms. The van der Waals surface area contributed by atoms with Crippen molar-refractivity contribution in [2.45, 2.75) is 18.4 Å². The molecule has 0 aliphatic rings. The summed E-state index contributed by atoms with van der Waals surface area (Å²) in [6.45, 7) is 1.68. The zero-order valence-electron chi connectivity index (χ0n) is 19.3. The Bertz CT molecular complexity index is 1400. The van der Waals surface area contributed by atoms with Crippen LogP contribution in [0.5, 0.6) is 17.2 Å². The average molecular weight is 509 g/mol. The van der Waals surface area contributed by atoms with Gasteiger partial charge in [-0.05, 0) is 37.3 Å². The van der Waals surface area contributed by atoms with Crippen LogP contribution in [0.15, 0.2) is 40.2 Å². The molecular formula is C22H24N2O8S2. The van der Waals surface area contributed by atoms with Crippen LogP contribution < -0.4 is 19.0 Å². The van der Waals surface area contributed by atoms with Gasteiger partial charge in [0.1, 0.15) is 6.54 Å². The molecule has 10 nitrogen and oxygen atoms in total. The van der Waals surface area contributed by atoms with Crippen LogP contribution >= 0.6 is 11.3 Å². The van der Waals surface area contributed by atoms with Crippen molar-refractivity contribution in [2.75, 3.05) is 34.2 Å². The summed E-state index contributed by atoms with van der Waals surface area (Å²) in [5, 5.41) is 0. The van der Waals surface area contributed by atoms with Crippen LogP contribution in [0.1, 0.15) is 17.3 Å². The smallest absolute Gasteiger partial charge is 0.326 e. The van der Waals surface area contributed by atoms with Gasteiger partial charge in [0.15, 0.2) is 26.1 Å². The van der Waals surface area contributed by atoms with Gasteiger partial charge in [-0.15, -0.1) is 0 Å². The number of hydrogen-bond donors (Lipinski definition) is 0. The third-order valence-electron chi connectivity index (χ3n) is 4.78. The number of methoxy groups -OCH3 is 3. The minimum atomic E-state index is -3.45. The number of carbonyl (C=O) groups excluding carboxylic acids is 2. The Kier molecular flexibility index (Phi) is 7.62. The van der Waals surface area contributed by atoms with E-state index in [1.54, 1.807) is 13.0 Å². The van der Waals surface area contributed by atoms with Gasteiger partial charge in [0.05, 0.1) is 43.0 Å². The van der Waals surface area contributed by atoms with Gasteiger partial charge in [0.25, 0.3) is 5.91 Å². The van der Waals surface area contributed by atoms with Gasteiger partial charge in [-0.2, -0.15) is 4.99 Å². The van der Waals surface area contributed by atoms with Gasteiger partial charge >= 0.3 is 5.97 Å². The van der Waals surface area contributed by atoms with E-state index in [0.29, 0.717) is 16.0 Å². The van der Waals surface area contributed by atoms with Crippen molar-refractivity contribution in [1.29, 1.82) is 0 Å². The molecule has 0 aliphatic carbocycles. The lowest BCUT2D eigenvalue weighted by molar-refractivity contribution is -0.143. The zero-order chi connectivity index (χ0) is 25.0. The molecule has 0 atom stereocenters. The quantitative estimate of drug-likeness (QED) is 0.425. The maximum Gasteiger partial charge on any atom is 0.326 e. The highest BCUT2D eigenvalue weighted by Gasteiger charge is 2.19. The van der Waals surface area contributed by atoms with Crippen molar-refractivity contribution in [3.8, 4) is 17.2 Å². The first-order valence-corrected chi connectivity index (χ1v) is 12.7. The molecule has 3 aromatic rings. The van der Waals surface area contributed by atoms with Crippen molar-refractivity contribution in [2.24, 2.45) is 4.99 Å². The molecule has 3 rings (SSSR count). The molecule has 0 fully saturated rings.